The summed E-state index contributed by atoms with van der Waals surface area (Å²) in [6.45, 7) is 1.74. The molecule has 34 heavy (non-hydrogen) atoms. The highest BCUT2D eigenvalue weighted by Crippen LogP contribution is 2.37. The number of benzene rings is 2. The van der Waals surface area contributed by atoms with Gasteiger partial charge in [0, 0.05) is 18.8 Å². The molecule has 2 N–H and O–H groups in total. The van der Waals surface area contributed by atoms with Crippen LogP contribution in [0, 0.1) is 10.1 Å². The van der Waals surface area contributed by atoms with E-state index in [-0.39, 0.29) is 24.0 Å². The van der Waals surface area contributed by atoms with E-state index in [1.807, 2.05) is 30.3 Å². The van der Waals surface area contributed by atoms with E-state index in [1.54, 1.807) is 0 Å². The Morgan fingerprint density at radius 2 is 1.74 bits per heavy atom. The van der Waals surface area contributed by atoms with Crippen molar-refractivity contribution < 1.29 is 14.4 Å². The number of nitro benzene ring substituents is 1. The molecule has 174 valence electrons. The minimum Gasteiger partial charge on any atom is -0.454 e. The van der Waals surface area contributed by atoms with E-state index in [2.05, 4.69) is 35.7 Å². The molecule has 12 nitrogen and oxygen atoms in total. The molecule has 2 aliphatic rings. The Balaban J connectivity index is 1.41. The molecule has 0 bridgehead atoms. The molecule has 0 radical (unpaired) electrons. The highest BCUT2D eigenvalue weighted by atomic mass is 16.7. The number of anilines is 4. The lowest BCUT2D eigenvalue weighted by atomic mass is 10.1. The van der Waals surface area contributed by atoms with Crippen molar-refractivity contribution in [1.82, 2.24) is 15.0 Å². The Kier molecular flexibility index (Phi) is 6.01. The predicted molar refractivity (Wildman–Crippen MR) is 126 cm³/mol. The molecule has 3 aromatic rings. The zero-order valence-corrected chi connectivity index (χ0v) is 18.2. The summed E-state index contributed by atoms with van der Waals surface area (Å²) in [5, 5.41) is 18.8. The van der Waals surface area contributed by atoms with Crippen LogP contribution in [0.2, 0.25) is 0 Å². The number of para-hydroxylation sites is 1. The van der Waals surface area contributed by atoms with E-state index in [0.717, 1.165) is 31.6 Å². The van der Waals surface area contributed by atoms with Gasteiger partial charge in [-0.25, -0.2) is 5.43 Å². The lowest BCUT2D eigenvalue weighted by molar-refractivity contribution is -0.385. The fourth-order valence-electron chi connectivity index (χ4n) is 3.72. The topological polar surface area (TPSA) is 140 Å². The first kappa shape index (κ1) is 21.4. The van der Waals surface area contributed by atoms with Gasteiger partial charge in [-0.2, -0.15) is 20.1 Å². The SMILES string of the molecule is O=[N+]([O-])c1cc2c(cc1C=NNc1nc(Nc3ccccc3)nc(N3CCCCC3)n1)OCO2. The number of ether oxygens (including phenoxy) is 2. The monoisotopic (exact) mass is 462 g/mol. The van der Waals surface area contributed by atoms with Crippen LogP contribution in [0.1, 0.15) is 24.8 Å². The molecule has 0 spiro atoms. The Hall–Kier alpha value is -4.48. The Bertz CT molecular complexity index is 1220. The van der Waals surface area contributed by atoms with Gasteiger partial charge < -0.3 is 19.7 Å². The number of aromatic nitrogens is 3. The van der Waals surface area contributed by atoms with E-state index < -0.39 is 4.92 Å². The third-order valence-electron chi connectivity index (χ3n) is 5.38. The molecular formula is C22H22N8O4. The molecule has 0 atom stereocenters. The summed E-state index contributed by atoms with van der Waals surface area (Å²) in [5.74, 6) is 1.88. The van der Waals surface area contributed by atoms with Gasteiger partial charge in [-0.15, -0.1) is 0 Å². The third kappa shape index (κ3) is 4.80. The van der Waals surface area contributed by atoms with Gasteiger partial charge in [-0.05, 0) is 37.5 Å². The molecule has 0 amide bonds. The second kappa shape index (κ2) is 9.57. The van der Waals surface area contributed by atoms with Crippen molar-refractivity contribution in [2.45, 2.75) is 19.3 Å². The van der Waals surface area contributed by atoms with Crippen molar-refractivity contribution in [3.8, 4) is 11.5 Å². The van der Waals surface area contributed by atoms with Gasteiger partial charge >= 0.3 is 0 Å². The average Bonchev–Trinajstić information content (AvgIpc) is 3.32. The first-order valence-corrected chi connectivity index (χ1v) is 10.9. The minimum atomic E-state index is -0.497. The number of fused-ring (bicyclic) bond motifs is 1. The smallest absolute Gasteiger partial charge is 0.282 e. The third-order valence-corrected chi connectivity index (χ3v) is 5.38. The van der Waals surface area contributed by atoms with Crippen LogP contribution in [-0.4, -0.2) is 46.0 Å². The molecular weight excluding hydrogens is 440 g/mol. The molecule has 1 fully saturated rings. The van der Waals surface area contributed by atoms with Gasteiger partial charge in [0.25, 0.3) is 5.69 Å². The normalized spacial score (nSPS) is 14.9. The number of nitrogens with one attached hydrogen (secondary N) is 2. The molecule has 0 saturated carbocycles. The summed E-state index contributed by atoms with van der Waals surface area (Å²) in [5.41, 5.74) is 3.73. The Labute approximate surface area is 194 Å². The van der Waals surface area contributed by atoms with Crippen LogP contribution in [0.4, 0.5) is 29.2 Å². The number of nitrogens with zero attached hydrogens (tertiary/aromatic N) is 6. The van der Waals surface area contributed by atoms with E-state index in [4.69, 9.17) is 9.47 Å². The molecule has 12 heteroatoms. The predicted octanol–water partition coefficient (Wildman–Crippen LogP) is 3.69. The van der Waals surface area contributed by atoms with Crippen molar-refractivity contribution in [2.24, 2.45) is 5.10 Å². The lowest BCUT2D eigenvalue weighted by Crippen LogP contribution is -2.31. The van der Waals surface area contributed by atoms with Crippen LogP contribution in [0.3, 0.4) is 0 Å². The minimum absolute atomic E-state index is 0.0205. The molecule has 2 aromatic carbocycles. The van der Waals surface area contributed by atoms with E-state index in [9.17, 15) is 10.1 Å². The van der Waals surface area contributed by atoms with Crippen molar-refractivity contribution in [3.63, 3.8) is 0 Å². The number of rotatable bonds is 7. The maximum absolute atomic E-state index is 11.5. The number of piperidine rings is 1. The Morgan fingerprint density at radius 1 is 1.00 bits per heavy atom. The summed E-state index contributed by atoms with van der Waals surface area (Å²) < 4.78 is 10.5. The molecule has 2 aliphatic heterocycles. The Morgan fingerprint density at radius 3 is 2.50 bits per heavy atom. The highest BCUT2D eigenvalue weighted by molar-refractivity contribution is 5.87. The number of hydrazone groups is 1. The van der Waals surface area contributed by atoms with Gasteiger partial charge in [0.05, 0.1) is 22.8 Å². The van der Waals surface area contributed by atoms with Crippen molar-refractivity contribution in [2.75, 3.05) is 35.5 Å². The van der Waals surface area contributed by atoms with Gasteiger partial charge in [-0.1, -0.05) is 18.2 Å². The average molecular weight is 462 g/mol. The van der Waals surface area contributed by atoms with Gasteiger partial charge in [0.15, 0.2) is 11.5 Å². The number of hydrogen-bond acceptors (Lipinski definition) is 11. The number of hydrogen-bond donors (Lipinski definition) is 2. The largest absolute Gasteiger partial charge is 0.454 e. The van der Waals surface area contributed by atoms with Crippen LogP contribution in [0.5, 0.6) is 11.5 Å². The first-order valence-electron chi connectivity index (χ1n) is 10.9. The summed E-state index contributed by atoms with van der Waals surface area (Å²) in [4.78, 5) is 26.6. The summed E-state index contributed by atoms with van der Waals surface area (Å²) >= 11 is 0. The maximum atomic E-state index is 11.5. The second-order valence-electron chi connectivity index (χ2n) is 7.71. The molecule has 3 heterocycles. The van der Waals surface area contributed by atoms with Gasteiger partial charge in [0.1, 0.15) is 0 Å². The van der Waals surface area contributed by atoms with Crippen LogP contribution in [0.15, 0.2) is 47.6 Å². The summed E-state index contributed by atoms with van der Waals surface area (Å²) in [7, 11) is 0. The zero-order valence-electron chi connectivity index (χ0n) is 18.2. The quantitative estimate of drug-likeness (QED) is 0.303. The summed E-state index contributed by atoms with van der Waals surface area (Å²) in [6.07, 6.45) is 4.65. The van der Waals surface area contributed by atoms with Crippen molar-refractivity contribution >= 4 is 35.4 Å². The molecule has 1 saturated heterocycles. The van der Waals surface area contributed by atoms with Gasteiger partial charge in [0.2, 0.25) is 24.6 Å². The van der Waals surface area contributed by atoms with Crippen LogP contribution in [0.25, 0.3) is 0 Å². The van der Waals surface area contributed by atoms with Crippen LogP contribution >= 0.6 is 0 Å². The first-order chi connectivity index (χ1) is 16.7. The molecule has 0 aliphatic carbocycles. The highest BCUT2D eigenvalue weighted by Gasteiger charge is 2.22. The van der Waals surface area contributed by atoms with Crippen LogP contribution in [-0.2, 0) is 0 Å². The second-order valence-corrected chi connectivity index (χ2v) is 7.71. The van der Waals surface area contributed by atoms with E-state index >= 15 is 0 Å². The zero-order chi connectivity index (χ0) is 23.3. The summed E-state index contributed by atoms with van der Waals surface area (Å²) in [6, 6.07) is 12.4. The van der Waals surface area contributed by atoms with E-state index in [1.165, 1.54) is 24.8 Å². The van der Waals surface area contributed by atoms with E-state index in [0.29, 0.717) is 23.4 Å². The fraction of sp³-hybridized carbons (Fsp3) is 0.273. The molecule has 0 unspecified atom stereocenters. The van der Waals surface area contributed by atoms with Crippen LogP contribution < -0.4 is 25.1 Å². The lowest BCUT2D eigenvalue weighted by Gasteiger charge is -2.26. The maximum Gasteiger partial charge on any atom is 0.282 e. The molecule has 1 aromatic heterocycles. The molecule has 5 rings (SSSR count). The van der Waals surface area contributed by atoms with Crippen molar-refractivity contribution in [1.29, 1.82) is 0 Å². The number of nitro groups is 1. The van der Waals surface area contributed by atoms with Crippen molar-refractivity contribution in [3.05, 3.63) is 58.1 Å². The van der Waals surface area contributed by atoms with Gasteiger partial charge in [-0.3, -0.25) is 10.1 Å². The fourth-order valence-corrected chi connectivity index (χ4v) is 3.72. The standard InChI is InChI=1S/C22H22N8O4/c31-30(32)17-12-19-18(33-14-34-19)11-15(17)13-23-28-21-25-20(24-16-7-3-1-4-8-16)26-22(27-21)29-9-5-2-6-10-29/h1,3-4,7-8,11-13H,2,5-6,9-10,14H2,(H2,24,25,26,27,28).